The van der Waals surface area contributed by atoms with E-state index in [0.717, 1.165) is 50.6 Å². The standard InChI is InChI=1S/C31H36N8O/c1-4-14-38-29(40)25-20-32-30(33-22-6-8-23(9-7-22)37-17-15-35(3)16-18-37)34-28(25)39(38)24-10-11-26-27(19-24)36(5-2)21-31(26)12-13-31/h4,6-11,19-20H,1,5,12-18,21H2,2-3H3,(H,32,33,34). The maximum Gasteiger partial charge on any atom is 0.278 e. The molecule has 2 aliphatic heterocycles. The van der Waals surface area contributed by atoms with Crippen molar-refractivity contribution in [3.05, 3.63) is 77.2 Å². The van der Waals surface area contributed by atoms with E-state index in [1.165, 1.54) is 29.8 Å². The van der Waals surface area contributed by atoms with Gasteiger partial charge >= 0.3 is 0 Å². The highest BCUT2D eigenvalue weighted by molar-refractivity contribution is 5.78. The molecule has 4 heterocycles. The van der Waals surface area contributed by atoms with Crippen molar-refractivity contribution in [1.82, 2.24) is 24.2 Å². The molecule has 9 heteroatoms. The fraction of sp³-hybridized carbons (Fsp3) is 0.387. The Morgan fingerprint density at radius 1 is 1.05 bits per heavy atom. The number of hydrogen-bond donors (Lipinski definition) is 1. The minimum Gasteiger partial charge on any atom is -0.371 e. The van der Waals surface area contributed by atoms with E-state index in [9.17, 15) is 4.79 Å². The summed E-state index contributed by atoms with van der Waals surface area (Å²) in [7, 11) is 2.17. The molecule has 2 fully saturated rings. The van der Waals surface area contributed by atoms with Crippen LogP contribution in [0.4, 0.5) is 23.0 Å². The Bertz CT molecular complexity index is 1640. The smallest absolute Gasteiger partial charge is 0.278 e. The molecule has 1 aliphatic carbocycles. The molecule has 7 rings (SSSR count). The molecule has 2 aromatic heterocycles. The molecule has 40 heavy (non-hydrogen) atoms. The Morgan fingerprint density at radius 2 is 1.80 bits per heavy atom. The van der Waals surface area contributed by atoms with Crippen LogP contribution in [0.3, 0.4) is 0 Å². The van der Waals surface area contributed by atoms with E-state index in [0.29, 0.717) is 28.9 Å². The van der Waals surface area contributed by atoms with Gasteiger partial charge < -0.3 is 20.0 Å². The molecule has 1 saturated carbocycles. The van der Waals surface area contributed by atoms with Gasteiger partial charge in [0.05, 0.1) is 12.2 Å². The number of aromatic nitrogens is 4. The lowest BCUT2D eigenvalue weighted by Gasteiger charge is -2.34. The van der Waals surface area contributed by atoms with Crippen molar-refractivity contribution in [3.63, 3.8) is 0 Å². The molecular formula is C31H36N8O. The predicted molar refractivity (Wildman–Crippen MR) is 162 cm³/mol. The molecule has 3 aliphatic rings. The summed E-state index contributed by atoms with van der Waals surface area (Å²) < 4.78 is 3.62. The van der Waals surface area contributed by atoms with E-state index in [4.69, 9.17) is 4.98 Å². The van der Waals surface area contributed by atoms with E-state index in [1.54, 1.807) is 17.0 Å². The summed E-state index contributed by atoms with van der Waals surface area (Å²) in [5.74, 6) is 0.456. The highest BCUT2D eigenvalue weighted by Crippen LogP contribution is 2.56. The van der Waals surface area contributed by atoms with Gasteiger partial charge in [0.1, 0.15) is 5.39 Å². The summed E-state index contributed by atoms with van der Waals surface area (Å²) in [5, 5.41) is 3.84. The first-order chi connectivity index (χ1) is 19.5. The first kappa shape index (κ1) is 24.9. The topological polar surface area (TPSA) is 74.5 Å². The normalized spacial score (nSPS) is 17.9. The van der Waals surface area contributed by atoms with Crippen LogP contribution in [0.5, 0.6) is 0 Å². The molecule has 2 aromatic carbocycles. The van der Waals surface area contributed by atoms with E-state index < -0.39 is 0 Å². The van der Waals surface area contributed by atoms with Crippen molar-refractivity contribution in [2.45, 2.75) is 31.7 Å². The average molecular weight is 537 g/mol. The first-order valence-corrected chi connectivity index (χ1v) is 14.3. The van der Waals surface area contributed by atoms with Crippen LogP contribution in [-0.4, -0.2) is 70.5 Å². The van der Waals surface area contributed by atoms with E-state index in [1.807, 2.05) is 4.68 Å². The van der Waals surface area contributed by atoms with Crippen LogP contribution in [0, 0.1) is 0 Å². The van der Waals surface area contributed by atoms with Crippen LogP contribution in [0.1, 0.15) is 25.3 Å². The summed E-state index contributed by atoms with van der Waals surface area (Å²) in [5.41, 5.74) is 6.53. The van der Waals surface area contributed by atoms with Crippen LogP contribution in [0.25, 0.3) is 16.7 Å². The van der Waals surface area contributed by atoms with Crippen molar-refractivity contribution < 1.29 is 0 Å². The zero-order chi connectivity index (χ0) is 27.4. The summed E-state index contributed by atoms with van der Waals surface area (Å²) >= 11 is 0. The zero-order valence-electron chi connectivity index (χ0n) is 23.3. The zero-order valence-corrected chi connectivity index (χ0v) is 23.3. The molecule has 1 spiro atoms. The number of allylic oxidation sites excluding steroid dienone is 1. The number of nitrogens with zero attached hydrogens (tertiary/aromatic N) is 7. The largest absolute Gasteiger partial charge is 0.371 e. The van der Waals surface area contributed by atoms with Gasteiger partial charge in [-0.2, -0.15) is 4.98 Å². The lowest BCUT2D eigenvalue weighted by molar-refractivity contribution is 0.313. The van der Waals surface area contributed by atoms with Gasteiger partial charge in [-0.3, -0.25) is 4.79 Å². The van der Waals surface area contributed by atoms with E-state index >= 15 is 0 Å². The van der Waals surface area contributed by atoms with Gasteiger partial charge in [-0.1, -0.05) is 12.1 Å². The second-order valence-corrected chi connectivity index (χ2v) is 11.4. The molecule has 0 amide bonds. The van der Waals surface area contributed by atoms with Gasteiger partial charge in [-0.15, -0.1) is 6.58 Å². The Kier molecular flexibility index (Phi) is 5.92. The second kappa shape index (κ2) is 9.52. The third kappa shape index (κ3) is 4.07. The predicted octanol–water partition coefficient (Wildman–Crippen LogP) is 4.14. The molecule has 0 bridgehead atoms. The van der Waals surface area contributed by atoms with Crippen LogP contribution < -0.4 is 20.7 Å². The Hall–Kier alpha value is -4.11. The summed E-state index contributed by atoms with van der Waals surface area (Å²) in [6.07, 6.45) is 5.88. The molecule has 0 unspecified atom stereocenters. The van der Waals surface area contributed by atoms with Crippen molar-refractivity contribution >= 4 is 34.0 Å². The number of likely N-dealkylation sites (N-methyl/N-ethyl adjacent to an activating group) is 2. The fourth-order valence-corrected chi connectivity index (χ4v) is 6.35. The quantitative estimate of drug-likeness (QED) is 0.356. The molecule has 0 atom stereocenters. The van der Waals surface area contributed by atoms with Crippen molar-refractivity contribution in [3.8, 4) is 5.69 Å². The Labute approximate surface area is 234 Å². The molecule has 206 valence electrons. The molecular weight excluding hydrogens is 500 g/mol. The Balaban J connectivity index is 1.24. The molecule has 4 aromatic rings. The fourth-order valence-electron chi connectivity index (χ4n) is 6.35. The molecule has 1 saturated heterocycles. The number of rotatable bonds is 7. The third-order valence-corrected chi connectivity index (χ3v) is 8.84. The second-order valence-electron chi connectivity index (χ2n) is 11.4. The minimum absolute atomic E-state index is 0.121. The number of nitrogens with one attached hydrogen (secondary N) is 1. The highest BCUT2D eigenvalue weighted by Gasteiger charge is 2.51. The number of anilines is 4. The van der Waals surface area contributed by atoms with Crippen LogP contribution in [0.2, 0.25) is 0 Å². The number of hydrogen-bond acceptors (Lipinski definition) is 7. The lowest BCUT2D eigenvalue weighted by atomic mass is 9.98. The summed E-state index contributed by atoms with van der Waals surface area (Å²) in [6.45, 7) is 12.7. The van der Waals surface area contributed by atoms with Gasteiger partial charge in [0.15, 0.2) is 5.65 Å². The highest BCUT2D eigenvalue weighted by atomic mass is 16.1. The number of fused-ring (bicyclic) bond motifs is 3. The van der Waals surface area contributed by atoms with Crippen molar-refractivity contribution in [2.24, 2.45) is 0 Å². The summed E-state index contributed by atoms with van der Waals surface area (Å²) in [6, 6.07) is 15.0. The molecule has 1 N–H and O–H groups in total. The minimum atomic E-state index is -0.121. The van der Waals surface area contributed by atoms with E-state index in [-0.39, 0.29) is 5.56 Å². The van der Waals surface area contributed by atoms with E-state index in [2.05, 4.69) is 88.0 Å². The van der Waals surface area contributed by atoms with Gasteiger partial charge in [0.2, 0.25) is 5.95 Å². The Morgan fingerprint density at radius 3 is 2.50 bits per heavy atom. The number of piperazine rings is 1. The molecule has 9 nitrogen and oxygen atoms in total. The van der Waals surface area contributed by atoms with Crippen LogP contribution in [0.15, 0.2) is 66.1 Å². The van der Waals surface area contributed by atoms with Gasteiger partial charge in [-0.05, 0) is 68.8 Å². The summed E-state index contributed by atoms with van der Waals surface area (Å²) in [4.78, 5) is 30.0. The van der Waals surface area contributed by atoms with Crippen molar-refractivity contribution in [1.29, 1.82) is 0 Å². The van der Waals surface area contributed by atoms with Gasteiger partial charge in [0, 0.05) is 67.9 Å². The third-order valence-electron chi connectivity index (χ3n) is 8.84. The lowest BCUT2D eigenvalue weighted by Crippen LogP contribution is -2.44. The van der Waals surface area contributed by atoms with Crippen LogP contribution in [-0.2, 0) is 12.0 Å². The SMILES string of the molecule is C=CCn1c(=O)c2cnc(Nc3ccc(N4CCN(C)CC4)cc3)nc2n1-c1ccc2c(c1)N(CC)CC21CC1. The maximum atomic E-state index is 13.4. The molecule has 0 radical (unpaired) electrons. The first-order valence-electron chi connectivity index (χ1n) is 14.3. The monoisotopic (exact) mass is 536 g/mol. The number of benzene rings is 2. The maximum absolute atomic E-state index is 13.4. The van der Waals surface area contributed by atoms with Crippen molar-refractivity contribution in [2.75, 3.05) is 61.4 Å². The van der Waals surface area contributed by atoms with Gasteiger partial charge in [0.25, 0.3) is 5.56 Å². The van der Waals surface area contributed by atoms with Gasteiger partial charge in [-0.25, -0.2) is 14.3 Å². The average Bonchev–Trinajstić information content (AvgIpc) is 3.62. The van der Waals surface area contributed by atoms with Crippen LogP contribution >= 0.6 is 0 Å².